The van der Waals surface area contributed by atoms with Crippen molar-refractivity contribution in [1.29, 1.82) is 0 Å². The van der Waals surface area contributed by atoms with Crippen molar-refractivity contribution in [3.8, 4) is 0 Å². The molecular weight excluding hydrogens is 219 g/mol. The van der Waals surface area contributed by atoms with Crippen LogP contribution in [0.4, 0.5) is 13.2 Å². The van der Waals surface area contributed by atoms with Crippen LogP contribution < -0.4 is 5.32 Å². The van der Waals surface area contributed by atoms with E-state index in [0.717, 1.165) is 12.1 Å². The maximum atomic E-state index is 12.5. The molecule has 2 nitrogen and oxygen atoms in total. The summed E-state index contributed by atoms with van der Waals surface area (Å²) in [6.07, 6.45) is -4.71. The summed E-state index contributed by atoms with van der Waals surface area (Å²) < 4.78 is 42.8. The van der Waals surface area contributed by atoms with Crippen LogP contribution in [0.2, 0.25) is 0 Å². The molecule has 1 saturated heterocycles. The molecule has 16 heavy (non-hydrogen) atoms. The molecule has 2 atom stereocenters. The van der Waals surface area contributed by atoms with Gasteiger partial charge in [0.05, 0.1) is 11.7 Å². The van der Waals surface area contributed by atoms with E-state index in [0.29, 0.717) is 12.1 Å². The first-order valence-corrected chi connectivity index (χ1v) is 5.03. The summed E-state index contributed by atoms with van der Waals surface area (Å²) in [6, 6.07) is 5.20. The van der Waals surface area contributed by atoms with Gasteiger partial charge < -0.3 is 4.74 Å². The summed E-state index contributed by atoms with van der Waals surface area (Å²) >= 11 is 0. The highest BCUT2D eigenvalue weighted by atomic mass is 19.4. The van der Waals surface area contributed by atoms with Crippen LogP contribution in [0, 0.1) is 0 Å². The molecule has 0 spiro atoms. The van der Waals surface area contributed by atoms with Gasteiger partial charge in [-0.2, -0.15) is 13.2 Å². The van der Waals surface area contributed by atoms with Crippen molar-refractivity contribution >= 4 is 0 Å². The Labute approximate surface area is 91.4 Å². The number of halogens is 3. The second-order valence-corrected chi connectivity index (χ2v) is 3.86. The van der Waals surface area contributed by atoms with Gasteiger partial charge >= 0.3 is 6.18 Å². The minimum atomic E-state index is -4.31. The largest absolute Gasteiger partial charge is 0.416 e. The minimum absolute atomic E-state index is 0.0274. The molecular formula is C11H12F3NO. The van der Waals surface area contributed by atoms with Crippen molar-refractivity contribution in [3.05, 3.63) is 35.4 Å². The normalized spacial score (nSPS) is 26.0. The number of rotatable bonds is 1. The zero-order chi connectivity index (χ0) is 11.8. The highest BCUT2D eigenvalue weighted by Gasteiger charge is 2.31. The minimum Gasteiger partial charge on any atom is -0.355 e. The third-order valence-corrected chi connectivity index (χ3v) is 2.48. The summed E-state index contributed by atoms with van der Waals surface area (Å²) in [5.74, 6) is 0. The van der Waals surface area contributed by atoms with Gasteiger partial charge in [0, 0.05) is 6.54 Å². The monoisotopic (exact) mass is 231 g/mol. The van der Waals surface area contributed by atoms with Crippen LogP contribution in [0.25, 0.3) is 0 Å². The van der Waals surface area contributed by atoms with Crippen molar-refractivity contribution in [2.45, 2.75) is 25.4 Å². The summed E-state index contributed by atoms with van der Waals surface area (Å²) in [7, 11) is 0. The van der Waals surface area contributed by atoms with Crippen molar-refractivity contribution < 1.29 is 17.9 Å². The molecule has 1 aliphatic rings. The van der Waals surface area contributed by atoms with Crippen LogP contribution in [0.15, 0.2) is 24.3 Å². The predicted molar refractivity (Wildman–Crippen MR) is 52.7 cm³/mol. The molecule has 1 heterocycles. The standard InChI is InChI=1S/C11H12F3NO/c1-7-6-15-10(16-7)8-3-2-4-9(5-8)11(12,13)14/h2-5,7,10,15H,6H2,1H3. The van der Waals surface area contributed by atoms with Gasteiger partial charge in [-0.05, 0) is 24.6 Å². The van der Waals surface area contributed by atoms with Crippen molar-refractivity contribution in [3.63, 3.8) is 0 Å². The predicted octanol–water partition coefficient (Wildman–Crippen LogP) is 2.71. The van der Waals surface area contributed by atoms with E-state index in [1.807, 2.05) is 6.92 Å². The first-order chi connectivity index (χ1) is 7.47. The van der Waals surface area contributed by atoms with E-state index in [-0.39, 0.29) is 6.10 Å². The Morgan fingerprint density at radius 1 is 1.38 bits per heavy atom. The van der Waals surface area contributed by atoms with E-state index in [4.69, 9.17) is 4.74 Å². The Morgan fingerprint density at radius 2 is 2.12 bits per heavy atom. The number of hydrogen-bond acceptors (Lipinski definition) is 2. The molecule has 88 valence electrons. The number of ether oxygens (including phenoxy) is 1. The fraction of sp³-hybridized carbons (Fsp3) is 0.455. The molecule has 1 N–H and O–H groups in total. The molecule has 0 aromatic heterocycles. The average molecular weight is 231 g/mol. The fourth-order valence-electron chi connectivity index (χ4n) is 1.68. The smallest absolute Gasteiger partial charge is 0.355 e. The lowest BCUT2D eigenvalue weighted by atomic mass is 10.1. The maximum absolute atomic E-state index is 12.5. The van der Waals surface area contributed by atoms with E-state index in [2.05, 4.69) is 5.32 Å². The van der Waals surface area contributed by atoms with Crippen LogP contribution in [-0.4, -0.2) is 12.6 Å². The number of nitrogens with one attached hydrogen (secondary N) is 1. The summed E-state index contributed by atoms with van der Waals surface area (Å²) in [5, 5.41) is 3.01. The van der Waals surface area contributed by atoms with Crippen LogP contribution in [0.5, 0.6) is 0 Å². The first-order valence-electron chi connectivity index (χ1n) is 5.03. The quantitative estimate of drug-likeness (QED) is 0.802. The molecule has 1 aromatic carbocycles. The number of hydrogen-bond donors (Lipinski definition) is 1. The zero-order valence-electron chi connectivity index (χ0n) is 8.71. The van der Waals surface area contributed by atoms with Gasteiger partial charge in [-0.3, -0.25) is 5.32 Å². The van der Waals surface area contributed by atoms with Gasteiger partial charge in [0.25, 0.3) is 0 Å². The maximum Gasteiger partial charge on any atom is 0.416 e. The lowest BCUT2D eigenvalue weighted by Crippen LogP contribution is -2.15. The van der Waals surface area contributed by atoms with Crippen LogP contribution in [0.3, 0.4) is 0 Å². The average Bonchev–Trinajstić information content (AvgIpc) is 2.64. The van der Waals surface area contributed by atoms with E-state index in [1.165, 1.54) is 6.07 Å². The first kappa shape index (κ1) is 11.4. The summed E-state index contributed by atoms with van der Waals surface area (Å²) in [6.45, 7) is 2.53. The SMILES string of the molecule is CC1CNC(c2cccc(C(F)(F)F)c2)O1. The van der Waals surface area contributed by atoms with Crippen molar-refractivity contribution in [1.82, 2.24) is 5.32 Å². The molecule has 1 aliphatic heterocycles. The Balaban J connectivity index is 2.23. The Morgan fingerprint density at radius 3 is 2.69 bits per heavy atom. The van der Waals surface area contributed by atoms with Crippen molar-refractivity contribution in [2.24, 2.45) is 0 Å². The van der Waals surface area contributed by atoms with Gasteiger partial charge in [-0.25, -0.2) is 0 Å². The third kappa shape index (κ3) is 2.36. The van der Waals surface area contributed by atoms with Gasteiger partial charge in [0.15, 0.2) is 0 Å². The fourth-order valence-corrected chi connectivity index (χ4v) is 1.68. The lowest BCUT2D eigenvalue weighted by Gasteiger charge is -2.13. The molecule has 2 unspecified atom stereocenters. The zero-order valence-corrected chi connectivity index (χ0v) is 8.71. The highest BCUT2D eigenvalue weighted by Crippen LogP contribution is 2.31. The van der Waals surface area contributed by atoms with Gasteiger partial charge in [0.1, 0.15) is 6.23 Å². The van der Waals surface area contributed by atoms with E-state index >= 15 is 0 Å². The second-order valence-electron chi connectivity index (χ2n) is 3.86. The molecule has 1 fully saturated rings. The Bertz CT molecular complexity index is 378. The molecule has 5 heteroatoms. The molecule has 0 radical (unpaired) electrons. The topological polar surface area (TPSA) is 21.3 Å². The van der Waals surface area contributed by atoms with E-state index in [1.54, 1.807) is 6.07 Å². The van der Waals surface area contributed by atoms with Crippen LogP contribution in [-0.2, 0) is 10.9 Å². The van der Waals surface area contributed by atoms with Crippen LogP contribution >= 0.6 is 0 Å². The molecule has 1 aromatic rings. The van der Waals surface area contributed by atoms with Gasteiger partial charge in [-0.15, -0.1) is 0 Å². The lowest BCUT2D eigenvalue weighted by molar-refractivity contribution is -0.137. The summed E-state index contributed by atoms with van der Waals surface area (Å²) in [5.41, 5.74) is -0.130. The Hall–Kier alpha value is -1.07. The van der Waals surface area contributed by atoms with Gasteiger partial charge in [0.2, 0.25) is 0 Å². The van der Waals surface area contributed by atoms with Crippen molar-refractivity contribution in [2.75, 3.05) is 6.54 Å². The van der Waals surface area contributed by atoms with E-state index < -0.39 is 18.0 Å². The molecule has 0 amide bonds. The number of benzene rings is 1. The van der Waals surface area contributed by atoms with Crippen LogP contribution in [0.1, 0.15) is 24.3 Å². The second kappa shape index (κ2) is 4.07. The Kier molecular flexibility index (Phi) is 2.90. The molecule has 2 rings (SSSR count). The third-order valence-electron chi connectivity index (χ3n) is 2.48. The highest BCUT2D eigenvalue weighted by molar-refractivity contribution is 5.27. The van der Waals surface area contributed by atoms with Gasteiger partial charge in [-0.1, -0.05) is 12.1 Å². The molecule has 0 aliphatic carbocycles. The molecule has 0 bridgehead atoms. The molecule has 0 saturated carbocycles. The van der Waals surface area contributed by atoms with E-state index in [9.17, 15) is 13.2 Å². The number of alkyl halides is 3. The summed E-state index contributed by atoms with van der Waals surface area (Å²) in [4.78, 5) is 0.